The van der Waals surface area contributed by atoms with Crippen molar-refractivity contribution in [3.63, 3.8) is 0 Å². The number of nitrogens with zero attached hydrogens (tertiary/aromatic N) is 3. The molecule has 5 N–H and O–H groups in total. The lowest BCUT2D eigenvalue weighted by Crippen LogP contribution is -2.05. The number of nitrogen functional groups attached to an aromatic ring is 1. The van der Waals surface area contributed by atoms with Gasteiger partial charge in [0.25, 0.3) is 30.4 Å². The molecule has 0 unspecified atom stereocenters. The summed E-state index contributed by atoms with van der Waals surface area (Å²) in [6, 6.07) is 14.7. The maximum absolute atomic E-state index is 12.2. The van der Waals surface area contributed by atoms with Crippen molar-refractivity contribution in [2.24, 2.45) is 0 Å². The average molecular weight is 603 g/mol. The molecule has 4 aromatic carbocycles. The summed E-state index contributed by atoms with van der Waals surface area (Å²) in [6.45, 7) is 0. The topological polar surface area (TPSA) is 220 Å². The Morgan fingerprint density at radius 2 is 1.30 bits per heavy atom. The third kappa shape index (κ3) is 5.31. The van der Waals surface area contributed by atoms with E-state index in [9.17, 15) is 38.9 Å². The number of fused-ring (bicyclic) bond motifs is 3. The summed E-state index contributed by atoms with van der Waals surface area (Å²) in [7, 11) is -13.8. The normalized spacial score (nSPS) is 13.0. The van der Waals surface area contributed by atoms with Crippen LogP contribution in [-0.4, -0.2) is 53.9 Å². The lowest BCUT2D eigenvalue weighted by molar-refractivity contribution is 0.480. The van der Waals surface area contributed by atoms with Crippen molar-refractivity contribution >= 4 is 70.0 Å². The van der Waals surface area contributed by atoms with Crippen LogP contribution in [0.1, 0.15) is 11.1 Å². The predicted molar refractivity (Wildman–Crippen MR) is 146 cm³/mol. The minimum Gasteiger partial charge on any atom is -0.399 e. The summed E-state index contributed by atoms with van der Waals surface area (Å²) >= 11 is 0. The number of benzene rings is 4. The number of nitrogens with two attached hydrogens (primary N) is 1. The van der Waals surface area contributed by atoms with Crippen LogP contribution in [-0.2, 0) is 30.4 Å². The molecule has 0 aliphatic carbocycles. The Morgan fingerprint density at radius 3 is 1.93 bits per heavy atom. The van der Waals surface area contributed by atoms with Crippen LogP contribution in [0.15, 0.2) is 81.4 Å². The highest BCUT2D eigenvalue weighted by Gasteiger charge is 2.19. The molecule has 16 heteroatoms. The van der Waals surface area contributed by atoms with Crippen LogP contribution in [0.2, 0.25) is 0 Å². The standard InChI is InChI=1S/C24H18N4O9S3/c25-17-6-3-14(22(12-17)39(32,33)34)1-2-15-4-7-18(13-23(15)40(35,36)37)28-26-21-10-5-16-11-19(38(29,30)31)8-9-20(16)24(21)27-28/h1-13H,25H2,(H,29,30,31)(H,32,33,34)(H,35,36,37)/b2-1+. The minimum absolute atomic E-state index is 0.00994. The predicted octanol–water partition coefficient (Wildman–Crippen LogP) is 3.07. The second kappa shape index (κ2) is 9.47. The highest BCUT2D eigenvalue weighted by Crippen LogP contribution is 2.28. The van der Waals surface area contributed by atoms with E-state index < -0.39 is 40.1 Å². The Morgan fingerprint density at radius 1 is 0.675 bits per heavy atom. The molecule has 0 aliphatic rings. The summed E-state index contributed by atoms with van der Waals surface area (Å²) in [6.07, 6.45) is 2.47. The summed E-state index contributed by atoms with van der Waals surface area (Å²) in [5, 5.41) is 9.70. The van der Waals surface area contributed by atoms with Gasteiger partial charge in [0.1, 0.15) is 20.8 Å². The van der Waals surface area contributed by atoms with Gasteiger partial charge in [-0.2, -0.15) is 30.0 Å². The van der Waals surface area contributed by atoms with Gasteiger partial charge < -0.3 is 5.73 Å². The van der Waals surface area contributed by atoms with Gasteiger partial charge in [0.2, 0.25) is 0 Å². The van der Waals surface area contributed by atoms with E-state index in [1.165, 1.54) is 54.6 Å². The molecule has 1 heterocycles. The highest BCUT2D eigenvalue weighted by molar-refractivity contribution is 7.86. The van der Waals surface area contributed by atoms with Gasteiger partial charge in [-0.15, -0.1) is 10.2 Å². The van der Waals surface area contributed by atoms with Crippen LogP contribution in [0.3, 0.4) is 0 Å². The number of hydrogen-bond acceptors (Lipinski definition) is 9. The SMILES string of the molecule is Nc1ccc(/C=C/c2ccc(-n3nc4ccc5cc(S(=O)(=O)O)ccc5c4n3)cc2S(=O)(=O)O)c(S(=O)(=O)O)c1. The zero-order valence-electron chi connectivity index (χ0n) is 19.9. The van der Waals surface area contributed by atoms with E-state index in [0.29, 0.717) is 21.8 Å². The van der Waals surface area contributed by atoms with E-state index in [1.807, 2.05) is 0 Å². The van der Waals surface area contributed by atoms with E-state index in [-0.39, 0.29) is 27.4 Å². The van der Waals surface area contributed by atoms with Crippen molar-refractivity contribution in [1.82, 2.24) is 15.0 Å². The third-order valence-corrected chi connectivity index (χ3v) is 8.57. The van der Waals surface area contributed by atoms with Crippen LogP contribution in [0, 0.1) is 0 Å². The maximum atomic E-state index is 12.2. The lowest BCUT2D eigenvalue weighted by Gasteiger charge is -2.07. The summed E-state index contributed by atoms with van der Waals surface area (Å²) < 4.78 is 99.6. The average Bonchev–Trinajstić information content (AvgIpc) is 3.31. The fourth-order valence-electron chi connectivity index (χ4n) is 4.06. The van der Waals surface area contributed by atoms with Crippen molar-refractivity contribution in [3.8, 4) is 5.69 Å². The van der Waals surface area contributed by atoms with Crippen LogP contribution in [0.5, 0.6) is 0 Å². The molecule has 206 valence electrons. The van der Waals surface area contributed by atoms with E-state index in [1.54, 1.807) is 12.1 Å². The van der Waals surface area contributed by atoms with Gasteiger partial charge in [0.15, 0.2) is 0 Å². The number of anilines is 1. The van der Waals surface area contributed by atoms with Gasteiger partial charge in [-0.1, -0.05) is 36.4 Å². The molecule has 0 atom stereocenters. The van der Waals surface area contributed by atoms with E-state index in [2.05, 4.69) is 10.2 Å². The molecule has 0 saturated carbocycles. The Labute approximate surface area is 227 Å². The largest absolute Gasteiger partial charge is 0.399 e. The maximum Gasteiger partial charge on any atom is 0.295 e. The Balaban J connectivity index is 1.60. The van der Waals surface area contributed by atoms with Gasteiger partial charge in [-0.05, 0) is 59.0 Å². The smallest absolute Gasteiger partial charge is 0.295 e. The quantitative estimate of drug-likeness (QED) is 0.125. The van der Waals surface area contributed by atoms with Crippen LogP contribution in [0.25, 0.3) is 39.6 Å². The van der Waals surface area contributed by atoms with E-state index >= 15 is 0 Å². The molecule has 0 aliphatic heterocycles. The lowest BCUT2D eigenvalue weighted by atomic mass is 10.1. The van der Waals surface area contributed by atoms with Crippen molar-refractivity contribution in [3.05, 3.63) is 77.9 Å². The molecule has 40 heavy (non-hydrogen) atoms. The minimum atomic E-state index is -4.79. The molecule has 13 nitrogen and oxygen atoms in total. The molecule has 0 saturated heterocycles. The molecule has 0 spiro atoms. The van der Waals surface area contributed by atoms with Crippen LogP contribution < -0.4 is 5.73 Å². The second-order valence-electron chi connectivity index (χ2n) is 8.58. The Hall–Kier alpha value is -4.19. The molecule has 5 rings (SSSR count). The van der Waals surface area contributed by atoms with Gasteiger partial charge in [-0.25, -0.2) is 0 Å². The second-order valence-corrected chi connectivity index (χ2v) is 12.8. The first-order valence-corrected chi connectivity index (χ1v) is 15.4. The molecule has 0 bridgehead atoms. The molecule has 0 radical (unpaired) electrons. The first-order valence-electron chi connectivity index (χ1n) is 11.1. The number of aromatic nitrogens is 3. The van der Waals surface area contributed by atoms with Crippen molar-refractivity contribution < 1.29 is 38.9 Å². The molecule has 1 aromatic heterocycles. The first kappa shape index (κ1) is 27.4. The van der Waals surface area contributed by atoms with E-state index in [0.717, 1.165) is 16.9 Å². The summed E-state index contributed by atoms with van der Waals surface area (Å²) in [5.74, 6) is 0. The molecule has 5 aromatic rings. The van der Waals surface area contributed by atoms with Crippen molar-refractivity contribution in [2.75, 3.05) is 5.73 Å². The molecular weight excluding hydrogens is 584 g/mol. The van der Waals surface area contributed by atoms with Crippen LogP contribution >= 0.6 is 0 Å². The molecule has 0 fully saturated rings. The summed E-state index contributed by atoms with van der Waals surface area (Å²) in [4.78, 5) is -0.193. The van der Waals surface area contributed by atoms with Gasteiger partial charge >= 0.3 is 0 Å². The number of hydrogen-bond donors (Lipinski definition) is 4. The van der Waals surface area contributed by atoms with Gasteiger partial charge in [0.05, 0.1) is 10.6 Å². The zero-order chi connectivity index (χ0) is 29.0. The van der Waals surface area contributed by atoms with Crippen molar-refractivity contribution in [1.29, 1.82) is 0 Å². The summed E-state index contributed by atoms with van der Waals surface area (Å²) in [5.41, 5.74) is 6.60. The van der Waals surface area contributed by atoms with E-state index in [4.69, 9.17) is 5.73 Å². The highest BCUT2D eigenvalue weighted by atomic mass is 32.2. The number of rotatable bonds is 6. The fourth-order valence-corrected chi connectivity index (χ4v) is 6.00. The Bertz CT molecular complexity index is 2210. The zero-order valence-corrected chi connectivity index (χ0v) is 22.4. The third-order valence-electron chi connectivity index (χ3n) is 5.90. The monoisotopic (exact) mass is 602 g/mol. The van der Waals surface area contributed by atoms with Gasteiger partial charge in [-0.3, -0.25) is 13.7 Å². The van der Waals surface area contributed by atoms with Crippen LogP contribution in [0.4, 0.5) is 5.69 Å². The molecule has 0 amide bonds. The molecular formula is C24H18N4O9S3. The fraction of sp³-hybridized carbons (Fsp3) is 0. The van der Waals surface area contributed by atoms with Crippen molar-refractivity contribution in [2.45, 2.75) is 14.7 Å². The van der Waals surface area contributed by atoms with Gasteiger partial charge in [0, 0.05) is 11.1 Å². The first-order chi connectivity index (χ1) is 18.6. The Kier molecular flexibility index (Phi) is 6.48.